The predicted octanol–water partition coefficient (Wildman–Crippen LogP) is 0.669. The Kier molecular flexibility index (Phi) is 5.63. The number of rotatable bonds is 6. The van der Waals surface area contributed by atoms with Crippen LogP contribution in [0.4, 0.5) is 0 Å². The fourth-order valence-electron chi connectivity index (χ4n) is 0.668. The van der Waals surface area contributed by atoms with Crippen LogP contribution in [0.25, 0.3) is 0 Å². The van der Waals surface area contributed by atoms with Crippen molar-refractivity contribution in [2.45, 2.75) is 31.9 Å². The molecular formula is C9H18N2O2. The van der Waals surface area contributed by atoms with Crippen molar-refractivity contribution in [3.8, 4) is 6.07 Å². The van der Waals surface area contributed by atoms with Crippen LogP contribution < -0.4 is 5.73 Å². The van der Waals surface area contributed by atoms with E-state index in [1.165, 1.54) is 0 Å². The van der Waals surface area contributed by atoms with Crippen molar-refractivity contribution in [3.05, 3.63) is 0 Å². The van der Waals surface area contributed by atoms with Crippen molar-refractivity contribution in [3.63, 3.8) is 0 Å². The van der Waals surface area contributed by atoms with Gasteiger partial charge in [0.15, 0.2) is 0 Å². The third-order valence-electron chi connectivity index (χ3n) is 1.86. The Morgan fingerprint density at radius 3 is 2.62 bits per heavy atom. The van der Waals surface area contributed by atoms with Crippen LogP contribution in [0, 0.1) is 11.3 Å². The highest BCUT2D eigenvalue weighted by molar-refractivity contribution is 4.85. The Hall–Kier alpha value is -0.630. The fraction of sp³-hybridized carbons (Fsp3) is 0.889. The SMILES string of the molecule is COC(C)(C)CCOCC(N)C#N. The summed E-state index contributed by atoms with van der Waals surface area (Å²) in [6, 6.07) is 1.38. The van der Waals surface area contributed by atoms with Gasteiger partial charge < -0.3 is 15.2 Å². The molecule has 0 aliphatic carbocycles. The maximum atomic E-state index is 8.36. The molecule has 76 valence electrons. The molecule has 0 fully saturated rings. The molecule has 0 amide bonds. The van der Waals surface area contributed by atoms with Gasteiger partial charge in [0.05, 0.1) is 18.3 Å². The molecule has 0 aromatic rings. The van der Waals surface area contributed by atoms with Gasteiger partial charge in [-0.3, -0.25) is 0 Å². The van der Waals surface area contributed by atoms with E-state index in [1.807, 2.05) is 19.9 Å². The zero-order valence-electron chi connectivity index (χ0n) is 8.54. The molecule has 4 nitrogen and oxygen atoms in total. The summed E-state index contributed by atoms with van der Waals surface area (Å²) in [6.45, 7) is 4.83. The van der Waals surface area contributed by atoms with E-state index in [2.05, 4.69) is 0 Å². The van der Waals surface area contributed by atoms with Gasteiger partial charge in [0.25, 0.3) is 0 Å². The van der Waals surface area contributed by atoms with E-state index in [0.717, 1.165) is 6.42 Å². The highest BCUT2D eigenvalue weighted by atomic mass is 16.5. The molecule has 0 radical (unpaired) electrons. The zero-order chi connectivity index (χ0) is 10.3. The molecule has 2 N–H and O–H groups in total. The average molecular weight is 186 g/mol. The Balaban J connectivity index is 3.42. The van der Waals surface area contributed by atoms with Gasteiger partial charge in [-0.05, 0) is 20.3 Å². The highest BCUT2D eigenvalue weighted by Crippen LogP contribution is 2.12. The van der Waals surface area contributed by atoms with Gasteiger partial charge in [-0.1, -0.05) is 0 Å². The summed E-state index contributed by atoms with van der Waals surface area (Å²) >= 11 is 0. The molecule has 0 aromatic heterocycles. The fourth-order valence-corrected chi connectivity index (χ4v) is 0.668. The minimum Gasteiger partial charge on any atom is -0.379 e. The molecule has 0 saturated heterocycles. The number of hydrogen-bond acceptors (Lipinski definition) is 4. The van der Waals surface area contributed by atoms with E-state index >= 15 is 0 Å². The lowest BCUT2D eigenvalue weighted by molar-refractivity contribution is -0.0101. The van der Waals surface area contributed by atoms with Crippen molar-refractivity contribution < 1.29 is 9.47 Å². The van der Waals surface area contributed by atoms with Gasteiger partial charge in [0, 0.05) is 13.7 Å². The quantitative estimate of drug-likeness (QED) is 0.619. The molecule has 0 heterocycles. The van der Waals surface area contributed by atoms with Crippen molar-refractivity contribution in [2.24, 2.45) is 5.73 Å². The van der Waals surface area contributed by atoms with Crippen LogP contribution >= 0.6 is 0 Å². The van der Waals surface area contributed by atoms with Crippen LogP contribution in [0.15, 0.2) is 0 Å². The first-order valence-electron chi connectivity index (χ1n) is 4.30. The molecule has 1 unspecified atom stereocenters. The number of nitriles is 1. The topological polar surface area (TPSA) is 68.3 Å². The van der Waals surface area contributed by atoms with E-state index in [9.17, 15) is 0 Å². The average Bonchev–Trinajstić information content (AvgIpc) is 2.12. The van der Waals surface area contributed by atoms with E-state index in [0.29, 0.717) is 6.61 Å². The molecule has 4 heteroatoms. The summed E-state index contributed by atoms with van der Waals surface area (Å²) in [7, 11) is 1.67. The summed E-state index contributed by atoms with van der Waals surface area (Å²) in [5.41, 5.74) is 5.17. The largest absolute Gasteiger partial charge is 0.379 e. The first-order chi connectivity index (χ1) is 6.02. The second kappa shape index (κ2) is 5.92. The summed E-state index contributed by atoms with van der Waals surface area (Å²) in [6.07, 6.45) is 0.793. The lowest BCUT2D eigenvalue weighted by Gasteiger charge is -2.22. The number of hydrogen-bond donors (Lipinski definition) is 1. The molecule has 0 bridgehead atoms. The Labute approximate surface area is 79.6 Å². The van der Waals surface area contributed by atoms with Crippen LogP contribution in [0.2, 0.25) is 0 Å². The standard InChI is InChI=1S/C9H18N2O2/c1-9(2,12-3)4-5-13-7-8(11)6-10/h8H,4-5,7,11H2,1-3H3. The van der Waals surface area contributed by atoms with Crippen molar-refractivity contribution in [2.75, 3.05) is 20.3 Å². The van der Waals surface area contributed by atoms with Crippen LogP contribution in [0.3, 0.4) is 0 Å². The van der Waals surface area contributed by atoms with Gasteiger partial charge in [-0.25, -0.2) is 0 Å². The minimum absolute atomic E-state index is 0.170. The summed E-state index contributed by atoms with van der Waals surface area (Å²) in [5.74, 6) is 0. The van der Waals surface area contributed by atoms with E-state index in [4.69, 9.17) is 20.5 Å². The molecule has 13 heavy (non-hydrogen) atoms. The molecule has 0 aliphatic heterocycles. The number of ether oxygens (including phenoxy) is 2. The first kappa shape index (κ1) is 12.4. The Morgan fingerprint density at radius 1 is 1.54 bits per heavy atom. The predicted molar refractivity (Wildman–Crippen MR) is 50.1 cm³/mol. The van der Waals surface area contributed by atoms with Gasteiger partial charge >= 0.3 is 0 Å². The molecular weight excluding hydrogens is 168 g/mol. The summed E-state index contributed by atoms with van der Waals surface area (Å²) in [5, 5.41) is 8.36. The zero-order valence-corrected chi connectivity index (χ0v) is 8.54. The van der Waals surface area contributed by atoms with Gasteiger partial charge in [-0.15, -0.1) is 0 Å². The van der Waals surface area contributed by atoms with Crippen molar-refractivity contribution in [1.82, 2.24) is 0 Å². The Morgan fingerprint density at radius 2 is 2.15 bits per heavy atom. The smallest absolute Gasteiger partial charge is 0.116 e. The highest BCUT2D eigenvalue weighted by Gasteiger charge is 2.15. The van der Waals surface area contributed by atoms with Crippen molar-refractivity contribution >= 4 is 0 Å². The Bertz CT molecular complexity index is 175. The summed E-state index contributed by atoms with van der Waals surface area (Å²) in [4.78, 5) is 0. The normalized spacial score (nSPS) is 13.8. The van der Waals surface area contributed by atoms with Gasteiger partial charge in [0.1, 0.15) is 6.04 Å². The van der Waals surface area contributed by atoms with Crippen LogP contribution in [0.1, 0.15) is 20.3 Å². The molecule has 0 spiro atoms. The maximum absolute atomic E-state index is 8.36. The van der Waals surface area contributed by atoms with Crippen LogP contribution in [0.5, 0.6) is 0 Å². The van der Waals surface area contributed by atoms with Crippen molar-refractivity contribution in [1.29, 1.82) is 5.26 Å². The summed E-state index contributed by atoms with van der Waals surface area (Å²) < 4.78 is 10.4. The second-order valence-corrected chi connectivity index (χ2v) is 3.52. The molecule has 0 rings (SSSR count). The van der Waals surface area contributed by atoms with E-state index < -0.39 is 6.04 Å². The third kappa shape index (κ3) is 6.52. The molecule has 0 saturated carbocycles. The maximum Gasteiger partial charge on any atom is 0.116 e. The van der Waals surface area contributed by atoms with E-state index in [-0.39, 0.29) is 12.2 Å². The number of methoxy groups -OCH3 is 1. The first-order valence-corrected chi connectivity index (χ1v) is 4.30. The lowest BCUT2D eigenvalue weighted by atomic mass is 10.1. The molecule has 0 aromatic carbocycles. The minimum atomic E-state index is -0.523. The van der Waals surface area contributed by atoms with Crippen LogP contribution in [-0.4, -0.2) is 32.0 Å². The monoisotopic (exact) mass is 186 g/mol. The number of nitrogens with two attached hydrogens (primary N) is 1. The van der Waals surface area contributed by atoms with E-state index in [1.54, 1.807) is 7.11 Å². The molecule has 0 aliphatic rings. The molecule has 1 atom stereocenters. The van der Waals surface area contributed by atoms with Crippen LogP contribution in [-0.2, 0) is 9.47 Å². The van der Waals surface area contributed by atoms with Gasteiger partial charge in [0.2, 0.25) is 0 Å². The second-order valence-electron chi connectivity index (χ2n) is 3.52. The third-order valence-corrected chi connectivity index (χ3v) is 1.86. The lowest BCUT2D eigenvalue weighted by Crippen LogP contribution is -2.28. The van der Waals surface area contributed by atoms with Gasteiger partial charge in [-0.2, -0.15) is 5.26 Å². The number of nitrogens with zero attached hydrogens (tertiary/aromatic N) is 1.